The molecule has 16 heavy (non-hydrogen) atoms. The van der Waals surface area contributed by atoms with E-state index in [-0.39, 0.29) is 5.69 Å². The normalized spacial score (nSPS) is 12.9. The molecule has 0 radical (unpaired) electrons. The van der Waals surface area contributed by atoms with Crippen molar-refractivity contribution in [2.45, 2.75) is 46.2 Å². The minimum Gasteiger partial charge on any atom is -0.299 e. The number of hydrogen-bond donors (Lipinski definition) is 0. The summed E-state index contributed by atoms with van der Waals surface area (Å²) in [5.41, 5.74) is 0.129. The molecule has 0 saturated heterocycles. The summed E-state index contributed by atoms with van der Waals surface area (Å²) < 4.78 is 3.62. The Kier molecular flexibility index (Phi) is 5.88. The molecule has 1 heterocycles. The molecule has 1 aromatic heterocycles. The highest BCUT2D eigenvalue weighted by molar-refractivity contribution is 9.09. The monoisotopic (exact) mass is 288 g/mol. The third-order valence-corrected chi connectivity index (χ3v) is 3.67. The number of aromatic nitrogens is 2. The maximum Gasteiger partial charge on any atom is 0.328 e. The van der Waals surface area contributed by atoms with Crippen LogP contribution in [0.1, 0.15) is 33.1 Å². The Morgan fingerprint density at radius 2 is 1.94 bits per heavy atom. The first kappa shape index (κ1) is 13.6. The average molecular weight is 289 g/mol. The highest BCUT2D eigenvalue weighted by Gasteiger charge is 2.09. The maximum absolute atomic E-state index is 11.9. The van der Waals surface area contributed by atoms with Crippen molar-refractivity contribution in [3.63, 3.8) is 0 Å². The van der Waals surface area contributed by atoms with Crippen LogP contribution in [0.25, 0.3) is 0 Å². The van der Waals surface area contributed by atoms with Gasteiger partial charge < -0.3 is 0 Å². The van der Waals surface area contributed by atoms with Crippen LogP contribution in [0, 0.1) is 5.92 Å². The lowest BCUT2D eigenvalue weighted by molar-refractivity contribution is 0.442. The van der Waals surface area contributed by atoms with Gasteiger partial charge in [0.1, 0.15) is 0 Å². The zero-order valence-corrected chi connectivity index (χ0v) is 11.7. The van der Waals surface area contributed by atoms with Crippen LogP contribution < -0.4 is 5.69 Å². The Bertz CT molecular complexity index is 356. The second-order valence-electron chi connectivity index (χ2n) is 4.24. The van der Waals surface area contributed by atoms with Gasteiger partial charge in [0.15, 0.2) is 0 Å². The first-order valence-electron chi connectivity index (χ1n) is 6.04. The standard InChI is InChI=1S/C12H21BrN2O/c1-3-5-11(9-13)10-15-8-7-14(6-4-2)12(15)16/h7-8,11H,3-6,9-10H2,1-2H3. The third-order valence-electron chi connectivity index (χ3n) is 2.75. The summed E-state index contributed by atoms with van der Waals surface area (Å²) in [7, 11) is 0. The van der Waals surface area contributed by atoms with Crippen molar-refractivity contribution in [2.75, 3.05) is 5.33 Å². The van der Waals surface area contributed by atoms with Gasteiger partial charge in [-0.3, -0.25) is 9.13 Å². The van der Waals surface area contributed by atoms with E-state index in [1.807, 2.05) is 17.0 Å². The van der Waals surface area contributed by atoms with Crippen LogP contribution in [0.5, 0.6) is 0 Å². The number of nitrogens with zero attached hydrogens (tertiary/aromatic N) is 2. The van der Waals surface area contributed by atoms with Crippen molar-refractivity contribution in [3.8, 4) is 0 Å². The predicted molar refractivity (Wildman–Crippen MR) is 71.2 cm³/mol. The van der Waals surface area contributed by atoms with E-state index in [1.165, 1.54) is 6.42 Å². The van der Waals surface area contributed by atoms with E-state index >= 15 is 0 Å². The number of halogens is 1. The van der Waals surface area contributed by atoms with Crippen molar-refractivity contribution >= 4 is 15.9 Å². The number of alkyl halides is 1. The van der Waals surface area contributed by atoms with Gasteiger partial charge in [0.2, 0.25) is 0 Å². The fraction of sp³-hybridized carbons (Fsp3) is 0.750. The lowest BCUT2D eigenvalue weighted by Gasteiger charge is -2.12. The van der Waals surface area contributed by atoms with Crippen LogP contribution in [-0.2, 0) is 13.1 Å². The summed E-state index contributed by atoms with van der Waals surface area (Å²) in [4.78, 5) is 11.9. The second-order valence-corrected chi connectivity index (χ2v) is 4.88. The minimum atomic E-state index is 0.129. The van der Waals surface area contributed by atoms with Crippen LogP contribution in [0.3, 0.4) is 0 Å². The van der Waals surface area contributed by atoms with E-state index in [0.717, 1.165) is 31.3 Å². The molecule has 0 saturated carbocycles. The highest BCUT2D eigenvalue weighted by atomic mass is 79.9. The second kappa shape index (κ2) is 6.94. The van der Waals surface area contributed by atoms with Crippen LogP contribution in [0.15, 0.2) is 17.2 Å². The Balaban J connectivity index is 2.69. The van der Waals surface area contributed by atoms with E-state index < -0.39 is 0 Å². The molecule has 0 spiro atoms. The summed E-state index contributed by atoms with van der Waals surface area (Å²) in [6.07, 6.45) is 7.13. The van der Waals surface area contributed by atoms with Gasteiger partial charge >= 0.3 is 5.69 Å². The molecular formula is C12H21BrN2O. The molecule has 1 unspecified atom stereocenters. The van der Waals surface area contributed by atoms with E-state index in [1.54, 1.807) is 4.57 Å². The van der Waals surface area contributed by atoms with Gasteiger partial charge in [-0.15, -0.1) is 0 Å². The molecule has 92 valence electrons. The fourth-order valence-electron chi connectivity index (χ4n) is 1.91. The van der Waals surface area contributed by atoms with E-state index in [0.29, 0.717) is 5.92 Å². The van der Waals surface area contributed by atoms with E-state index in [2.05, 4.69) is 29.8 Å². The molecule has 4 heteroatoms. The molecule has 0 aromatic carbocycles. The van der Waals surface area contributed by atoms with Gasteiger partial charge in [0.05, 0.1) is 0 Å². The molecule has 0 aliphatic rings. The lowest BCUT2D eigenvalue weighted by atomic mass is 10.1. The van der Waals surface area contributed by atoms with Crippen molar-refractivity contribution in [1.82, 2.24) is 9.13 Å². The molecule has 0 amide bonds. The Morgan fingerprint density at radius 1 is 1.25 bits per heavy atom. The van der Waals surface area contributed by atoms with Crippen LogP contribution in [-0.4, -0.2) is 14.5 Å². The number of imidazole rings is 1. The molecule has 0 aliphatic carbocycles. The number of hydrogen-bond acceptors (Lipinski definition) is 1. The average Bonchev–Trinajstić information content (AvgIpc) is 2.61. The lowest BCUT2D eigenvalue weighted by Crippen LogP contribution is -2.27. The molecule has 1 atom stereocenters. The molecule has 0 fully saturated rings. The van der Waals surface area contributed by atoms with E-state index in [4.69, 9.17) is 0 Å². The third kappa shape index (κ3) is 3.51. The largest absolute Gasteiger partial charge is 0.328 e. The van der Waals surface area contributed by atoms with Gasteiger partial charge in [0, 0.05) is 30.8 Å². The molecule has 3 nitrogen and oxygen atoms in total. The summed E-state index contributed by atoms with van der Waals surface area (Å²) in [5, 5.41) is 0.965. The Labute approximate surface area is 106 Å². The van der Waals surface area contributed by atoms with Crippen LogP contribution in [0.4, 0.5) is 0 Å². The van der Waals surface area contributed by atoms with Crippen molar-refractivity contribution in [2.24, 2.45) is 5.92 Å². The van der Waals surface area contributed by atoms with Gasteiger partial charge in [-0.2, -0.15) is 0 Å². The molecule has 0 N–H and O–H groups in total. The summed E-state index contributed by atoms with van der Waals surface area (Å²) in [6.45, 7) is 5.91. The molecule has 0 bridgehead atoms. The zero-order chi connectivity index (χ0) is 12.0. The van der Waals surface area contributed by atoms with Crippen molar-refractivity contribution in [3.05, 3.63) is 22.9 Å². The van der Waals surface area contributed by atoms with Crippen LogP contribution >= 0.6 is 15.9 Å². The van der Waals surface area contributed by atoms with Crippen LogP contribution in [0.2, 0.25) is 0 Å². The fourth-order valence-corrected chi connectivity index (χ4v) is 2.44. The quantitative estimate of drug-likeness (QED) is 0.709. The molecular weight excluding hydrogens is 268 g/mol. The summed E-state index contributed by atoms with van der Waals surface area (Å²) in [6, 6.07) is 0. The van der Waals surface area contributed by atoms with Crippen molar-refractivity contribution < 1.29 is 0 Å². The first-order chi connectivity index (χ1) is 7.72. The SMILES string of the molecule is CCCC(CBr)Cn1ccn(CCC)c1=O. The van der Waals surface area contributed by atoms with Gasteiger partial charge in [-0.25, -0.2) is 4.79 Å². The highest BCUT2D eigenvalue weighted by Crippen LogP contribution is 2.11. The van der Waals surface area contributed by atoms with Gasteiger partial charge in [-0.05, 0) is 18.8 Å². The topological polar surface area (TPSA) is 26.9 Å². The van der Waals surface area contributed by atoms with Gasteiger partial charge in [0.25, 0.3) is 0 Å². The minimum absolute atomic E-state index is 0.129. The van der Waals surface area contributed by atoms with Crippen molar-refractivity contribution in [1.29, 1.82) is 0 Å². The van der Waals surface area contributed by atoms with Gasteiger partial charge in [-0.1, -0.05) is 36.2 Å². The molecule has 0 aliphatic heterocycles. The maximum atomic E-state index is 11.9. The number of rotatable bonds is 7. The smallest absolute Gasteiger partial charge is 0.299 e. The van der Waals surface area contributed by atoms with E-state index in [9.17, 15) is 4.79 Å². The predicted octanol–water partition coefficient (Wildman–Crippen LogP) is 2.87. The summed E-state index contributed by atoms with van der Waals surface area (Å²) in [5.74, 6) is 0.556. The first-order valence-corrected chi connectivity index (χ1v) is 7.16. The summed E-state index contributed by atoms with van der Waals surface area (Å²) >= 11 is 3.51. The number of aryl methyl sites for hydroxylation is 1. The molecule has 1 aromatic rings. The molecule has 1 rings (SSSR count). The Morgan fingerprint density at radius 3 is 2.50 bits per heavy atom. The zero-order valence-electron chi connectivity index (χ0n) is 10.2. The Hall–Kier alpha value is -0.510.